The van der Waals surface area contributed by atoms with Gasteiger partial charge in [-0.25, -0.2) is 5.84 Å². The SMILES string of the molecule is CCC(C)(C)OCc1c(C(=O)NN)sc2ccccc12. The number of fused-ring (bicyclic) bond motifs is 1. The average molecular weight is 292 g/mol. The second-order valence-electron chi connectivity index (χ2n) is 5.28. The van der Waals surface area contributed by atoms with E-state index in [9.17, 15) is 4.79 Å². The smallest absolute Gasteiger partial charge is 0.275 e. The third kappa shape index (κ3) is 3.00. The second kappa shape index (κ2) is 5.91. The number of rotatable bonds is 5. The first-order valence-corrected chi connectivity index (χ1v) is 7.45. The summed E-state index contributed by atoms with van der Waals surface area (Å²) in [6.07, 6.45) is 0.910. The Bertz CT molecular complexity index is 619. The maximum Gasteiger partial charge on any atom is 0.275 e. The van der Waals surface area contributed by atoms with Gasteiger partial charge in [-0.05, 0) is 31.7 Å². The zero-order valence-corrected chi connectivity index (χ0v) is 12.8. The minimum Gasteiger partial charge on any atom is -0.371 e. The van der Waals surface area contributed by atoms with Gasteiger partial charge in [-0.3, -0.25) is 10.2 Å². The number of nitrogens with one attached hydrogen (secondary N) is 1. The summed E-state index contributed by atoms with van der Waals surface area (Å²) in [5.41, 5.74) is 2.91. The fraction of sp³-hybridized carbons (Fsp3) is 0.400. The van der Waals surface area contributed by atoms with Crippen LogP contribution in [0.2, 0.25) is 0 Å². The lowest BCUT2D eigenvalue weighted by molar-refractivity contribution is -0.0312. The van der Waals surface area contributed by atoms with Crippen LogP contribution in [0.5, 0.6) is 0 Å². The Balaban J connectivity index is 2.41. The molecule has 0 aliphatic heterocycles. The molecule has 0 saturated carbocycles. The molecule has 3 N–H and O–H groups in total. The van der Waals surface area contributed by atoms with E-state index in [0.29, 0.717) is 11.5 Å². The molecule has 0 aliphatic rings. The van der Waals surface area contributed by atoms with Crippen LogP contribution < -0.4 is 11.3 Å². The van der Waals surface area contributed by atoms with E-state index in [-0.39, 0.29) is 11.5 Å². The summed E-state index contributed by atoms with van der Waals surface area (Å²) in [5.74, 6) is 5.00. The Morgan fingerprint density at radius 2 is 2.10 bits per heavy atom. The molecule has 0 radical (unpaired) electrons. The quantitative estimate of drug-likeness (QED) is 0.505. The number of carbonyl (C=O) groups excluding carboxylic acids is 1. The van der Waals surface area contributed by atoms with Crippen LogP contribution in [0.4, 0.5) is 0 Å². The minimum atomic E-state index is -0.265. The highest BCUT2D eigenvalue weighted by molar-refractivity contribution is 7.21. The first-order chi connectivity index (χ1) is 9.48. The zero-order chi connectivity index (χ0) is 14.8. The van der Waals surface area contributed by atoms with Crippen LogP contribution in [0.25, 0.3) is 10.1 Å². The molecule has 0 fully saturated rings. The Kier molecular flexibility index (Phi) is 4.42. The molecular formula is C15H20N2O2S. The van der Waals surface area contributed by atoms with Gasteiger partial charge in [0.05, 0.1) is 17.1 Å². The van der Waals surface area contributed by atoms with Crippen LogP contribution in [0, 0.1) is 0 Å². The van der Waals surface area contributed by atoms with Gasteiger partial charge >= 0.3 is 0 Å². The summed E-state index contributed by atoms with van der Waals surface area (Å²) in [4.78, 5) is 12.5. The topological polar surface area (TPSA) is 64.3 Å². The third-order valence-corrected chi connectivity index (χ3v) is 4.71. The average Bonchev–Trinajstić information content (AvgIpc) is 2.83. The van der Waals surface area contributed by atoms with Gasteiger partial charge in [0.2, 0.25) is 0 Å². The number of benzene rings is 1. The van der Waals surface area contributed by atoms with E-state index in [4.69, 9.17) is 10.6 Å². The summed E-state index contributed by atoms with van der Waals surface area (Å²) < 4.78 is 7.02. The van der Waals surface area contributed by atoms with Gasteiger partial charge < -0.3 is 4.74 Å². The highest BCUT2D eigenvalue weighted by Crippen LogP contribution is 2.32. The molecule has 0 saturated heterocycles. The van der Waals surface area contributed by atoms with Crippen molar-refractivity contribution in [2.24, 2.45) is 5.84 Å². The number of hydrogen-bond donors (Lipinski definition) is 2. The van der Waals surface area contributed by atoms with E-state index in [1.807, 2.05) is 38.1 Å². The van der Waals surface area contributed by atoms with Gasteiger partial charge in [0.25, 0.3) is 5.91 Å². The van der Waals surface area contributed by atoms with Crippen molar-refractivity contribution in [1.82, 2.24) is 5.43 Å². The lowest BCUT2D eigenvalue weighted by Crippen LogP contribution is -2.30. The number of nitrogen functional groups attached to an aromatic ring is 1. The van der Waals surface area contributed by atoms with Crippen molar-refractivity contribution in [3.05, 3.63) is 34.7 Å². The molecule has 0 bridgehead atoms. The molecule has 20 heavy (non-hydrogen) atoms. The van der Waals surface area contributed by atoms with E-state index in [2.05, 4.69) is 12.3 Å². The molecule has 5 heteroatoms. The molecular weight excluding hydrogens is 272 g/mol. The highest BCUT2D eigenvalue weighted by atomic mass is 32.1. The monoisotopic (exact) mass is 292 g/mol. The number of nitrogens with two attached hydrogens (primary N) is 1. The maximum absolute atomic E-state index is 11.9. The minimum absolute atomic E-state index is 0.209. The Hall–Kier alpha value is -1.43. The Morgan fingerprint density at radius 3 is 2.75 bits per heavy atom. The van der Waals surface area contributed by atoms with E-state index in [0.717, 1.165) is 22.1 Å². The molecule has 1 aromatic heterocycles. The van der Waals surface area contributed by atoms with E-state index in [1.165, 1.54) is 11.3 Å². The van der Waals surface area contributed by atoms with E-state index >= 15 is 0 Å². The van der Waals surface area contributed by atoms with Crippen molar-refractivity contribution >= 4 is 27.3 Å². The number of carbonyl (C=O) groups is 1. The van der Waals surface area contributed by atoms with Gasteiger partial charge in [-0.1, -0.05) is 25.1 Å². The van der Waals surface area contributed by atoms with Crippen LogP contribution >= 0.6 is 11.3 Å². The van der Waals surface area contributed by atoms with Crippen molar-refractivity contribution in [2.45, 2.75) is 39.4 Å². The number of hydrogen-bond acceptors (Lipinski definition) is 4. The van der Waals surface area contributed by atoms with E-state index in [1.54, 1.807) is 0 Å². The van der Waals surface area contributed by atoms with E-state index < -0.39 is 0 Å². The third-order valence-electron chi connectivity index (χ3n) is 3.49. The van der Waals surface area contributed by atoms with Crippen molar-refractivity contribution < 1.29 is 9.53 Å². The number of thiophene rings is 1. The highest BCUT2D eigenvalue weighted by Gasteiger charge is 2.21. The van der Waals surface area contributed by atoms with Crippen LogP contribution in [0.1, 0.15) is 42.4 Å². The van der Waals surface area contributed by atoms with Gasteiger partial charge in [-0.2, -0.15) is 0 Å². The van der Waals surface area contributed by atoms with Gasteiger partial charge in [-0.15, -0.1) is 11.3 Å². The molecule has 0 spiro atoms. The van der Waals surface area contributed by atoms with Crippen LogP contribution in [0.3, 0.4) is 0 Å². The molecule has 0 atom stereocenters. The van der Waals surface area contributed by atoms with Crippen molar-refractivity contribution in [3.8, 4) is 0 Å². The molecule has 1 heterocycles. The summed E-state index contributed by atoms with van der Waals surface area (Å²) in [5, 5.41) is 1.06. The lowest BCUT2D eigenvalue weighted by atomic mass is 10.1. The van der Waals surface area contributed by atoms with Gasteiger partial charge in [0.15, 0.2) is 0 Å². The van der Waals surface area contributed by atoms with Gasteiger partial charge in [0, 0.05) is 10.3 Å². The zero-order valence-electron chi connectivity index (χ0n) is 12.0. The second-order valence-corrected chi connectivity index (χ2v) is 6.33. The molecule has 1 aromatic carbocycles. The standard InChI is InChI=1S/C15H20N2O2S/c1-4-15(2,3)19-9-11-10-7-5-6-8-12(10)20-13(11)14(18)17-16/h5-8H,4,9,16H2,1-3H3,(H,17,18). The molecule has 4 nitrogen and oxygen atoms in total. The number of ether oxygens (including phenoxy) is 1. The number of hydrazine groups is 1. The predicted molar refractivity (Wildman–Crippen MR) is 82.6 cm³/mol. The summed E-state index contributed by atoms with van der Waals surface area (Å²) in [7, 11) is 0. The molecule has 108 valence electrons. The number of amides is 1. The molecule has 2 rings (SSSR count). The first kappa shape index (κ1) is 15.0. The van der Waals surface area contributed by atoms with Crippen LogP contribution in [-0.2, 0) is 11.3 Å². The Labute approximate surface area is 122 Å². The Morgan fingerprint density at radius 1 is 1.40 bits per heavy atom. The van der Waals surface area contributed by atoms with Gasteiger partial charge in [0.1, 0.15) is 0 Å². The summed E-state index contributed by atoms with van der Waals surface area (Å²) in [6, 6.07) is 7.94. The normalized spacial score (nSPS) is 11.8. The van der Waals surface area contributed by atoms with Crippen molar-refractivity contribution in [2.75, 3.05) is 0 Å². The van der Waals surface area contributed by atoms with Crippen LogP contribution in [0.15, 0.2) is 24.3 Å². The largest absolute Gasteiger partial charge is 0.371 e. The molecule has 1 amide bonds. The predicted octanol–water partition coefficient (Wildman–Crippen LogP) is 3.21. The fourth-order valence-electron chi connectivity index (χ4n) is 1.86. The molecule has 0 unspecified atom stereocenters. The molecule has 2 aromatic rings. The lowest BCUT2D eigenvalue weighted by Gasteiger charge is -2.23. The van der Waals surface area contributed by atoms with Crippen molar-refractivity contribution in [1.29, 1.82) is 0 Å². The fourth-order valence-corrected chi connectivity index (χ4v) is 2.97. The van der Waals surface area contributed by atoms with Crippen LogP contribution in [-0.4, -0.2) is 11.5 Å². The molecule has 0 aliphatic carbocycles. The summed E-state index contributed by atoms with van der Waals surface area (Å²) >= 11 is 1.44. The first-order valence-electron chi connectivity index (χ1n) is 6.64. The summed E-state index contributed by atoms with van der Waals surface area (Å²) in [6.45, 7) is 6.58. The maximum atomic E-state index is 11.9. The van der Waals surface area contributed by atoms with Crippen molar-refractivity contribution in [3.63, 3.8) is 0 Å².